The van der Waals surface area contributed by atoms with Crippen molar-refractivity contribution in [2.24, 2.45) is 0 Å². The van der Waals surface area contributed by atoms with Crippen LogP contribution < -0.4 is 5.32 Å². The number of fused-ring (bicyclic) bond motifs is 1. The Bertz CT molecular complexity index is 1800. The van der Waals surface area contributed by atoms with Gasteiger partial charge in [0.05, 0.1) is 22.6 Å². The van der Waals surface area contributed by atoms with Crippen LogP contribution >= 0.6 is 0 Å². The molecular formula is C37H35NO8. The van der Waals surface area contributed by atoms with Gasteiger partial charge in [-0.1, -0.05) is 83.9 Å². The van der Waals surface area contributed by atoms with Crippen LogP contribution in [-0.2, 0) is 24.5 Å². The number of aryl methyl sites for hydroxylation is 3. The summed E-state index contributed by atoms with van der Waals surface area (Å²) in [5.74, 6) is -5.74. The third-order valence-electron chi connectivity index (χ3n) is 8.81. The van der Waals surface area contributed by atoms with E-state index in [0.29, 0.717) is 11.1 Å². The molecule has 0 saturated heterocycles. The second-order valence-corrected chi connectivity index (χ2v) is 11.9. The molecule has 4 atom stereocenters. The average Bonchev–Trinajstić information content (AvgIpc) is 3.03. The van der Waals surface area contributed by atoms with Gasteiger partial charge in [-0.15, -0.1) is 0 Å². The molecule has 0 spiro atoms. The predicted molar refractivity (Wildman–Crippen MR) is 170 cm³/mol. The highest BCUT2D eigenvalue weighted by atomic mass is 16.6. The van der Waals surface area contributed by atoms with Gasteiger partial charge in [0.15, 0.2) is 0 Å². The van der Waals surface area contributed by atoms with Gasteiger partial charge in [0, 0.05) is 6.54 Å². The summed E-state index contributed by atoms with van der Waals surface area (Å²) >= 11 is 0. The van der Waals surface area contributed by atoms with Gasteiger partial charge in [-0.05, 0) is 74.2 Å². The van der Waals surface area contributed by atoms with Crippen molar-refractivity contribution in [2.75, 3.05) is 6.54 Å². The minimum Gasteiger partial charge on any atom is -0.478 e. The Morgan fingerprint density at radius 2 is 1.28 bits per heavy atom. The lowest BCUT2D eigenvalue weighted by Gasteiger charge is -2.50. The molecule has 4 aromatic rings. The molecule has 1 aliphatic rings. The van der Waals surface area contributed by atoms with Crippen LogP contribution in [0.5, 0.6) is 0 Å². The number of aliphatic carboxylic acids is 2. The lowest BCUT2D eigenvalue weighted by atomic mass is 9.61. The standard InChI is InChI=1S/C37H35NO8/c1-22-13-17-25(18-14-22)33(41)45-31(32(39)40)37(35(43)44,46-34(42)26-19-15-23(2)16-20-26)36(4)21-38-30(27-10-6-5-9-24(27)3)28-11-7-8-12-29(28)36/h5-20,30-31,38H,21H2,1-4H3,(H,39,40)(H,43,44)/t30?,31-,36+,37+/m0/s1. The molecular weight excluding hydrogens is 586 g/mol. The zero-order chi connectivity index (χ0) is 33.2. The second kappa shape index (κ2) is 12.6. The molecule has 0 bridgehead atoms. The maximum Gasteiger partial charge on any atom is 0.353 e. The Labute approximate surface area is 266 Å². The van der Waals surface area contributed by atoms with Crippen molar-refractivity contribution < 1.29 is 38.9 Å². The molecule has 9 nitrogen and oxygen atoms in total. The first-order valence-corrected chi connectivity index (χ1v) is 14.8. The zero-order valence-electron chi connectivity index (χ0n) is 25.9. The smallest absolute Gasteiger partial charge is 0.353 e. The van der Waals surface area contributed by atoms with Crippen molar-refractivity contribution in [3.8, 4) is 0 Å². The Kier molecular flexibility index (Phi) is 8.81. The number of hydrogen-bond acceptors (Lipinski definition) is 7. The minimum atomic E-state index is -2.94. The summed E-state index contributed by atoms with van der Waals surface area (Å²) in [6, 6.07) is 26.8. The second-order valence-electron chi connectivity index (χ2n) is 11.9. The Morgan fingerprint density at radius 3 is 1.83 bits per heavy atom. The van der Waals surface area contributed by atoms with E-state index >= 15 is 0 Å². The lowest BCUT2D eigenvalue weighted by molar-refractivity contribution is -0.196. The van der Waals surface area contributed by atoms with Gasteiger partial charge in [0.2, 0.25) is 6.10 Å². The van der Waals surface area contributed by atoms with E-state index in [1.165, 1.54) is 31.2 Å². The van der Waals surface area contributed by atoms with Gasteiger partial charge in [-0.25, -0.2) is 19.2 Å². The fourth-order valence-corrected chi connectivity index (χ4v) is 6.20. The van der Waals surface area contributed by atoms with Crippen LogP contribution in [0.4, 0.5) is 0 Å². The van der Waals surface area contributed by atoms with Crippen LogP contribution in [0.3, 0.4) is 0 Å². The van der Waals surface area contributed by atoms with Gasteiger partial charge < -0.3 is 25.0 Å². The van der Waals surface area contributed by atoms with E-state index in [2.05, 4.69) is 5.32 Å². The highest BCUT2D eigenvalue weighted by Gasteiger charge is 2.68. The van der Waals surface area contributed by atoms with Crippen molar-refractivity contribution in [1.29, 1.82) is 0 Å². The first-order valence-electron chi connectivity index (χ1n) is 14.8. The molecule has 1 aliphatic heterocycles. The molecule has 0 fully saturated rings. The third kappa shape index (κ3) is 5.65. The Morgan fingerprint density at radius 1 is 0.761 bits per heavy atom. The maximum absolute atomic E-state index is 13.8. The molecule has 9 heteroatoms. The lowest BCUT2D eigenvalue weighted by Crippen LogP contribution is -2.71. The van der Waals surface area contributed by atoms with E-state index in [0.717, 1.165) is 22.3 Å². The Hall–Kier alpha value is -5.28. The quantitative estimate of drug-likeness (QED) is 0.205. The largest absolute Gasteiger partial charge is 0.478 e. The summed E-state index contributed by atoms with van der Waals surface area (Å²) in [6.45, 7) is 6.96. The van der Waals surface area contributed by atoms with Crippen LogP contribution in [0.2, 0.25) is 0 Å². The number of benzene rings is 4. The number of ether oxygens (including phenoxy) is 2. The highest BCUT2D eigenvalue weighted by molar-refractivity contribution is 5.98. The number of esters is 2. The summed E-state index contributed by atoms with van der Waals surface area (Å²) in [5.41, 5.74) is 0.00757. The van der Waals surface area contributed by atoms with E-state index in [1.807, 2.05) is 51.1 Å². The van der Waals surface area contributed by atoms with Crippen LogP contribution in [0.1, 0.15) is 67.1 Å². The van der Waals surface area contributed by atoms with Crippen molar-refractivity contribution >= 4 is 23.9 Å². The first-order chi connectivity index (χ1) is 21.9. The van der Waals surface area contributed by atoms with E-state index in [1.54, 1.807) is 42.5 Å². The normalized spacial score (nSPS) is 19.2. The van der Waals surface area contributed by atoms with Crippen molar-refractivity contribution in [1.82, 2.24) is 5.32 Å². The molecule has 0 aliphatic carbocycles. The molecule has 5 rings (SSSR count). The predicted octanol–water partition coefficient (Wildman–Crippen LogP) is 5.55. The average molecular weight is 622 g/mol. The van der Waals surface area contributed by atoms with Gasteiger partial charge in [0.25, 0.3) is 5.60 Å². The minimum absolute atomic E-state index is 0.00339. The molecule has 4 aromatic carbocycles. The highest BCUT2D eigenvalue weighted by Crippen LogP contribution is 2.48. The SMILES string of the molecule is Cc1ccc(C(=O)O[C@@H](C(=O)O)[C@@](OC(=O)c2ccc(C)cc2)(C(=O)O)[C@]2(C)CNC(c3ccccc3C)c3ccccc32)cc1. The first kappa shape index (κ1) is 32.1. The van der Waals surface area contributed by atoms with E-state index < -0.39 is 41.0 Å². The van der Waals surface area contributed by atoms with Crippen molar-refractivity contribution in [3.63, 3.8) is 0 Å². The van der Waals surface area contributed by atoms with E-state index in [-0.39, 0.29) is 23.7 Å². The molecule has 0 radical (unpaired) electrons. The fraction of sp³-hybridized carbons (Fsp3) is 0.243. The molecule has 46 heavy (non-hydrogen) atoms. The molecule has 1 unspecified atom stereocenters. The molecule has 3 N–H and O–H groups in total. The van der Waals surface area contributed by atoms with E-state index in [9.17, 15) is 29.4 Å². The van der Waals surface area contributed by atoms with Crippen LogP contribution in [0.25, 0.3) is 0 Å². The summed E-state index contributed by atoms with van der Waals surface area (Å²) in [7, 11) is 0. The molecule has 0 saturated carbocycles. The summed E-state index contributed by atoms with van der Waals surface area (Å²) in [5, 5.41) is 25.1. The summed E-state index contributed by atoms with van der Waals surface area (Å²) in [4.78, 5) is 54.0. The van der Waals surface area contributed by atoms with Gasteiger partial charge in [0.1, 0.15) is 0 Å². The molecule has 236 valence electrons. The van der Waals surface area contributed by atoms with Crippen molar-refractivity contribution in [2.45, 2.75) is 50.9 Å². The number of rotatable bonds is 9. The monoisotopic (exact) mass is 621 g/mol. The summed E-state index contributed by atoms with van der Waals surface area (Å²) < 4.78 is 11.5. The van der Waals surface area contributed by atoms with Crippen LogP contribution in [0, 0.1) is 20.8 Å². The molecule has 0 amide bonds. The van der Waals surface area contributed by atoms with Gasteiger partial charge in [-0.3, -0.25) is 0 Å². The van der Waals surface area contributed by atoms with Crippen LogP contribution in [-0.4, -0.2) is 52.3 Å². The molecule has 1 heterocycles. The number of nitrogens with one attached hydrogen (secondary N) is 1. The number of carbonyl (C=O) groups excluding carboxylic acids is 2. The van der Waals surface area contributed by atoms with Gasteiger partial charge >= 0.3 is 23.9 Å². The maximum atomic E-state index is 13.8. The van der Waals surface area contributed by atoms with Crippen LogP contribution in [0.15, 0.2) is 97.1 Å². The molecule has 0 aromatic heterocycles. The fourth-order valence-electron chi connectivity index (χ4n) is 6.20. The number of hydrogen-bond donors (Lipinski definition) is 3. The van der Waals surface area contributed by atoms with E-state index in [4.69, 9.17) is 9.47 Å². The summed E-state index contributed by atoms with van der Waals surface area (Å²) in [6.07, 6.45) is -2.46. The third-order valence-corrected chi connectivity index (χ3v) is 8.81. The topological polar surface area (TPSA) is 139 Å². The van der Waals surface area contributed by atoms with Gasteiger partial charge in [-0.2, -0.15) is 0 Å². The number of carboxylic acids is 2. The van der Waals surface area contributed by atoms with Crippen molar-refractivity contribution in [3.05, 3.63) is 142 Å². The number of carbonyl (C=O) groups is 4. The zero-order valence-corrected chi connectivity index (χ0v) is 25.9. The number of carboxylic acid groups (broad SMARTS) is 2. The Balaban J connectivity index is 1.72.